The highest BCUT2D eigenvalue weighted by Crippen LogP contribution is 2.23. The van der Waals surface area contributed by atoms with E-state index >= 15 is 0 Å². The van der Waals surface area contributed by atoms with Crippen LogP contribution in [0.25, 0.3) is 0 Å². The fourth-order valence-electron chi connectivity index (χ4n) is 2.23. The van der Waals surface area contributed by atoms with Crippen LogP contribution in [-0.2, 0) is 22.7 Å². The first-order valence-electron chi connectivity index (χ1n) is 7.72. The van der Waals surface area contributed by atoms with Gasteiger partial charge in [-0.25, -0.2) is 4.68 Å². The molecule has 1 aromatic carbocycles. The Morgan fingerprint density at radius 2 is 1.81 bits per heavy atom. The maximum atomic E-state index is 12.1. The van der Waals surface area contributed by atoms with Gasteiger partial charge in [-0.1, -0.05) is 23.7 Å². The molecule has 2 aromatic heterocycles. The highest BCUT2D eigenvalue weighted by Gasteiger charge is 2.16. The smallest absolute Gasteiger partial charge is 0.315 e. The van der Waals surface area contributed by atoms with Gasteiger partial charge in [-0.3, -0.25) is 9.59 Å². The number of benzene rings is 1. The van der Waals surface area contributed by atoms with Gasteiger partial charge in [0.25, 0.3) is 0 Å². The van der Waals surface area contributed by atoms with Crippen molar-refractivity contribution in [2.75, 3.05) is 10.6 Å². The Balaban J connectivity index is 1.62. The second-order valence-electron chi connectivity index (χ2n) is 5.39. The van der Waals surface area contributed by atoms with E-state index in [0.717, 1.165) is 10.4 Å². The molecular weight excluding hydrogens is 374 g/mol. The van der Waals surface area contributed by atoms with E-state index in [4.69, 9.17) is 17.3 Å². The van der Waals surface area contributed by atoms with Crippen molar-refractivity contribution >= 4 is 46.3 Å². The number of thiophene rings is 1. The zero-order valence-electron chi connectivity index (χ0n) is 13.6. The molecule has 2 amide bonds. The van der Waals surface area contributed by atoms with E-state index in [0.29, 0.717) is 28.9 Å². The molecule has 0 saturated heterocycles. The fraction of sp³-hybridized carbons (Fsp3) is 0.118. The summed E-state index contributed by atoms with van der Waals surface area (Å²) in [6, 6.07) is 12.3. The summed E-state index contributed by atoms with van der Waals surface area (Å²) in [5, 5.41) is 9.26. The van der Waals surface area contributed by atoms with Gasteiger partial charge in [0, 0.05) is 23.2 Å². The predicted octanol–water partition coefficient (Wildman–Crippen LogP) is 2.68. The highest BCUT2D eigenvalue weighted by molar-refractivity contribution is 7.16. The molecule has 2 heterocycles. The number of anilines is 2. The standard InChI is InChI=1S/C17H16ClN5O2S/c18-14-6-5-13(26-14)10-23-15(7-8-20-23)22-17(25)16(24)21-12-3-1-11(9-19)2-4-12/h1-8H,9-10,19H2,(H,21,24)(H,22,25). The maximum Gasteiger partial charge on any atom is 0.315 e. The Labute approximate surface area is 158 Å². The van der Waals surface area contributed by atoms with Gasteiger partial charge in [0.1, 0.15) is 5.82 Å². The minimum absolute atomic E-state index is 0.411. The number of nitrogens with two attached hydrogens (primary N) is 1. The third-order valence-electron chi connectivity index (χ3n) is 3.55. The van der Waals surface area contributed by atoms with Crippen LogP contribution in [0.2, 0.25) is 4.34 Å². The Morgan fingerprint density at radius 1 is 1.08 bits per heavy atom. The summed E-state index contributed by atoms with van der Waals surface area (Å²) in [6.07, 6.45) is 1.55. The van der Waals surface area contributed by atoms with Crippen molar-refractivity contribution in [3.8, 4) is 0 Å². The molecule has 0 fully saturated rings. The summed E-state index contributed by atoms with van der Waals surface area (Å²) in [6.45, 7) is 0.857. The zero-order valence-corrected chi connectivity index (χ0v) is 15.2. The molecule has 9 heteroatoms. The van der Waals surface area contributed by atoms with Gasteiger partial charge < -0.3 is 16.4 Å². The number of amides is 2. The lowest BCUT2D eigenvalue weighted by Crippen LogP contribution is -2.30. The molecule has 0 radical (unpaired) electrons. The van der Waals surface area contributed by atoms with Crippen LogP contribution < -0.4 is 16.4 Å². The number of aromatic nitrogens is 2. The van der Waals surface area contributed by atoms with Crippen molar-refractivity contribution in [1.29, 1.82) is 0 Å². The summed E-state index contributed by atoms with van der Waals surface area (Å²) in [4.78, 5) is 25.2. The first kappa shape index (κ1) is 18.1. The summed E-state index contributed by atoms with van der Waals surface area (Å²) in [7, 11) is 0. The lowest BCUT2D eigenvalue weighted by atomic mass is 10.2. The molecule has 0 aliphatic rings. The molecule has 26 heavy (non-hydrogen) atoms. The van der Waals surface area contributed by atoms with E-state index in [1.165, 1.54) is 11.3 Å². The van der Waals surface area contributed by atoms with Crippen molar-refractivity contribution < 1.29 is 9.59 Å². The average molecular weight is 390 g/mol. The maximum absolute atomic E-state index is 12.1. The number of carbonyl (C=O) groups excluding carboxylic acids is 2. The van der Waals surface area contributed by atoms with E-state index in [-0.39, 0.29) is 0 Å². The van der Waals surface area contributed by atoms with E-state index in [1.807, 2.05) is 6.07 Å². The summed E-state index contributed by atoms with van der Waals surface area (Å²) < 4.78 is 2.27. The monoisotopic (exact) mass is 389 g/mol. The molecule has 0 saturated carbocycles. The van der Waals surface area contributed by atoms with Crippen LogP contribution in [-0.4, -0.2) is 21.6 Å². The lowest BCUT2D eigenvalue weighted by Gasteiger charge is -2.09. The SMILES string of the molecule is NCc1ccc(NC(=O)C(=O)Nc2ccnn2Cc2ccc(Cl)s2)cc1. The van der Waals surface area contributed by atoms with E-state index < -0.39 is 11.8 Å². The fourth-order valence-corrected chi connectivity index (χ4v) is 3.30. The quantitative estimate of drug-likeness (QED) is 0.584. The summed E-state index contributed by atoms with van der Waals surface area (Å²) >= 11 is 7.35. The van der Waals surface area contributed by atoms with Crippen LogP contribution in [0, 0.1) is 0 Å². The van der Waals surface area contributed by atoms with Crippen LogP contribution in [0.5, 0.6) is 0 Å². The Kier molecular flexibility index (Phi) is 5.67. The molecule has 0 atom stereocenters. The first-order valence-corrected chi connectivity index (χ1v) is 8.92. The molecule has 134 valence electrons. The predicted molar refractivity (Wildman–Crippen MR) is 102 cm³/mol. The molecule has 0 unspecified atom stereocenters. The Hall–Kier alpha value is -2.68. The third-order valence-corrected chi connectivity index (χ3v) is 4.76. The Morgan fingerprint density at radius 3 is 2.46 bits per heavy atom. The minimum atomic E-state index is -0.779. The largest absolute Gasteiger partial charge is 0.326 e. The van der Waals surface area contributed by atoms with Crippen molar-refractivity contribution in [2.24, 2.45) is 5.73 Å². The molecule has 3 rings (SSSR count). The van der Waals surface area contributed by atoms with Crippen molar-refractivity contribution in [3.63, 3.8) is 0 Å². The second kappa shape index (κ2) is 8.13. The topological polar surface area (TPSA) is 102 Å². The van der Waals surface area contributed by atoms with Crippen LogP contribution in [0.3, 0.4) is 0 Å². The number of hydrogen-bond acceptors (Lipinski definition) is 5. The normalized spacial score (nSPS) is 10.5. The Bertz CT molecular complexity index is 919. The van der Waals surface area contributed by atoms with Crippen LogP contribution in [0.15, 0.2) is 48.7 Å². The van der Waals surface area contributed by atoms with Gasteiger partial charge in [0.05, 0.1) is 17.1 Å². The zero-order chi connectivity index (χ0) is 18.5. The van der Waals surface area contributed by atoms with Crippen LogP contribution in [0.4, 0.5) is 11.5 Å². The van der Waals surface area contributed by atoms with E-state index in [9.17, 15) is 9.59 Å². The minimum Gasteiger partial charge on any atom is -0.326 e. The van der Waals surface area contributed by atoms with Gasteiger partial charge in [0.2, 0.25) is 0 Å². The molecule has 0 aliphatic heterocycles. The third kappa shape index (κ3) is 4.48. The number of nitrogens with zero attached hydrogens (tertiary/aromatic N) is 2. The van der Waals surface area contributed by atoms with Crippen LogP contribution in [0.1, 0.15) is 10.4 Å². The number of rotatable bonds is 5. The van der Waals surface area contributed by atoms with Gasteiger partial charge in [-0.15, -0.1) is 11.3 Å². The van der Waals surface area contributed by atoms with E-state index in [2.05, 4.69) is 15.7 Å². The van der Waals surface area contributed by atoms with Crippen molar-refractivity contribution in [2.45, 2.75) is 13.1 Å². The number of halogens is 1. The average Bonchev–Trinajstić information content (AvgIpc) is 3.25. The van der Waals surface area contributed by atoms with Gasteiger partial charge in [-0.05, 0) is 29.8 Å². The molecule has 4 N–H and O–H groups in total. The molecule has 0 spiro atoms. The summed E-state index contributed by atoms with van der Waals surface area (Å²) in [5.74, 6) is -1.12. The van der Waals surface area contributed by atoms with Crippen molar-refractivity contribution in [3.05, 3.63) is 63.4 Å². The number of carbonyl (C=O) groups is 2. The summed E-state index contributed by atoms with van der Waals surface area (Å²) in [5.41, 5.74) is 6.98. The second-order valence-corrected chi connectivity index (χ2v) is 7.19. The molecular formula is C17H16ClN5O2S. The van der Waals surface area contributed by atoms with E-state index in [1.54, 1.807) is 47.3 Å². The van der Waals surface area contributed by atoms with Crippen LogP contribution >= 0.6 is 22.9 Å². The molecule has 0 aliphatic carbocycles. The van der Waals surface area contributed by atoms with Gasteiger partial charge in [-0.2, -0.15) is 5.10 Å². The lowest BCUT2D eigenvalue weighted by molar-refractivity contribution is -0.133. The molecule has 7 nitrogen and oxygen atoms in total. The van der Waals surface area contributed by atoms with Gasteiger partial charge >= 0.3 is 11.8 Å². The number of hydrogen-bond donors (Lipinski definition) is 3. The van der Waals surface area contributed by atoms with Crippen molar-refractivity contribution in [1.82, 2.24) is 9.78 Å². The number of nitrogens with one attached hydrogen (secondary N) is 2. The van der Waals surface area contributed by atoms with Gasteiger partial charge in [0.15, 0.2) is 0 Å². The molecule has 0 bridgehead atoms. The first-order chi connectivity index (χ1) is 12.5. The highest BCUT2D eigenvalue weighted by atomic mass is 35.5. The molecule has 3 aromatic rings.